The standard InChI is InChI=1S/C61H133N9O9P3S3/c1-47(2)62(48(3)4)80(77-36-30-35-75-45-84-60(72)42-69(24,25)26)64(51(9)10)55(17)31-33-57(19)66(53(13)14)82(78-38-37-76-46-85-61(73)43-70(27,28)29)67(54(15)16)58(20)34-32-56(18)65(52(11)12)81(63(49(5)6)50(7)8)79-44-74-39-40-83-59(71)41-68(21,22)23/h47-58H,30-46H2,1-29H3/q+3. The molecule has 0 bridgehead atoms. The van der Waals surface area contributed by atoms with Gasteiger partial charge in [-0.05, 0) is 171 Å². The summed E-state index contributed by atoms with van der Waals surface area (Å²) < 4.78 is 56.6. The van der Waals surface area contributed by atoms with Crippen molar-refractivity contribution in [3.8, 4) is 0 Å². The molecular weight excluding hydrogens is 1190 g/mol. The zero-order valence-electron chi connectivity index (χ0n) is 59.7. The van der Waals surface area contributed by atoms with Gasteiger partial charge in [0.25, 0.3) is 0 Å². The Kier molecular flexibility index (Phi) is 44.0. The van der Waals surface area contributed by atoms with E-state index in [1.807, 2.05) is 63.4 Å². The van der Waals surface area contributed by atoms with E-state index in [-0.39, 0.29) is 94.6 Å². The molecule has 0 spiro atoms. The molecule has 0 aromatic heterocycles. The Balaban J connectivity index is 6.94. The van der Waals surface area contributed by atoms with Gasteiger partial charge < -0.3 is 41.2 Å². The van der Waals surface area contributed by atoms with E-state index in [1.54, 1.807) is 0 Å². The summed E-state index contributed by atoms with van der Waals surface area (Å²) in [6, 6.07) is 2.65. The first-order chi connectivity index (χ1) is 39.1. The topological polar surface area (TPSA) is 126 Å². The normalized spacial score (nSPS) is 16.0. The first-order valence-electron chi connectivity index (χ1n) is 31.7. The Morgan fingerprint density at radius 3 is 0.941 bits per heavy atom. The Morgan fingerprint density at radius 1 is 0.341 bits per heavy atom. The van der Waals surface area contributed by atoms with Crippen LogP contribution in [0.1, 0.15) is 171 Å². The monoisotopic (exact) mass is 1320 g/mol. The molecule has 0 aromatic rings. The van der Waals surface area contributed by atoms with E-state index in [0.717, 1.165) is 32.1 Å². The second-order valence-electron chi connectivity index (χ2n) is 28.2. The van der Waals surface area contributed by atoms with E-state index in [0.29, 0.717) is 83.7 Å². The Hall–Kier alpha value is 0.750. The summed E-state index contributed by atoms with van der Waals surface area (Å²) in [4.78, 5) is 37.8. The molecule has 0 amide bonds. The molecule has 0 saturated carbocycles. The van der Waals surface area contributed by atoms with Gasteiger partial charge in [0.2, 0.25) is 15.3 Å². The smallest absolute Gasteiger partial charge is 0.245 e. The van der Waals surface area contributed by atoms with Crippen LogP contribution >= 0.6 is 60.6 Å². The summed E-state index contributed by atoms with van der Waals surface area (Å²) in [5, 5.41) is 0.437. The third kappa shape index (κ3) is 36.7. The van der Waals surface area contributed by atoms with Crippen LogP contribution in [0.2, 0.25) is 0 Å². The van der Waals surface area contributed by atoms with Crippen LogP contribution in [0.3, 0.4) is 0 Å². The number of rotatable bonds is 49. The second-order valence-corrected chi connectivity index (χ2v) is 36.3. The second kappa shape index (κ2) is 43.6. The van der Waals surface area contributed by atoms with E-state index in [4.69, 9.17) is 27.8 Å². The maximum Gasteiger partial charge on any atom is 0.245 e. The fourth-order valence-electron chi connectivity index (χ4n) is 10.2. The maximum atomic E-state index is 12.8. The van der Waals surface area contributed by atoms with Crippen LogP contribution in [0.5, 0.6) is 0 Å². The van der Waals surface area contributed by atoms with Crippen molar-refractivity contribution in [2.75, 3.05) is 141 Å². The van der Waals surface area contributed by atoms with Crippen LogP contribution < -0.4 is 0 Å². The minimum Gasteiger partial charge on any atom is -0.370 e. The molecular formula is C61H133N9O9P3S3+3. The Labute approximate surface area is 540 Å². The van der Waals surface area contributed by atoms with Gasteiger partial charge in [-0.15, -0.1) is 0 Å². The van der Waals surface area contributed by atoms with Crippen molar-refractivity contribution < 1.29 is 55.6 Å². The predicted molar refractivity (Wildman–Crippen MR) is 371 cm³/mol. The SMILES string of the molecule is CC(C)N(C(C)C)P(OCCCOCSC(=O)C[N+](C)(C)C)N(C(C)C)C(C)CCC(C)N(C(C)C)P(OCCOCSC(=O)C[N+](C)(C)C)N(C(C)C)C(C)CCC(C)N(C(C)C)P(OCOCCSC(=O)C[N+](C)(C)C)N(C(C)C)C(C)C. The predicted octanol–water partition coefficient (Wildman–Crippen LogP) is 13.1. The zero-order chi connectivity index (χ0) is 65.7. The van der Waals surface area contributed by atoms with Crippen molar-refractivity contribution >= 4 is 76.0 Å². The number of carbonyl (C=O) groups is 3. The highest BCUT2D eigenvalue weighted by molar-refractivity contribution is 8.14. The van der Waals surface area contributed by atoms with Crippen molar-refractivity contribution in [3.05, 3.63) is 0 Å². The average molecular weight is 1330 g/mol. The number of hydrogen-bond donors (Lipinski definition) is 0. The largest absolute Gasteiger partial charge is 0.370 e. The minimum absolute atomic E-state index is 0.121. The summed E-state index contributed by atoms with van der Waals surface area (Å²) in [5.41, 5.74) is 0. The third-order valence-corrected chi connectivity index (χ3v) is 24.6. The van der Waals surface area contributed by atoms with E-state index >= 15 is 0 Å². The molecule has 0 aromatic carbocycles. The first-order valence-corrected chi connectivity index (χ1v) is 38.2. The number of carbonyl (C=O) groups excluding carboxylic acids is 3. The van der Waals surface area contributed by atoms with Gasteiger partial charge in [-0.3, -0.25) is 14.4 Å². The van der Waals surface area contributed by atoms with Gasteiger partial charge in [-0.1, -0.05) is 35.3 Å². The van der Waals surface area contributed by atoms with Gasteiger partial charge in [0.15, 0.2) is 32.1 Å². The van der Waals surface area contributed by atoms with Crippen molar-refractivity contribution in [3.63, 3.8) is 0 Å². The van der Waals surface area contributed by atoms with Gasteiger partial charge in [0.1, 0.15) is 19.6 Å². The van der Waals surface area contributed by atoms with E-state index in [2.05, 4.69) is 166 Å². The molecule has 506 valence electrons. The van der Waals surface area contributed by atoms with Gasteiger partial charge >= 0.3 is 0 Å². The highest BCUT2D eigenvalue weighted by Crippen LogP contribution is 2.55. The average Bonchev–Trinajstić information content (AvgIpc) is 2.39. The quantitative estimate of drug-likeness (QED) is 0.0248. The van der Waals surface area contributed by atoms with E-state index in [1.165, 1.54) is 35.3 Å². The molecule has 0 saturated heterocycles. The summed E-state index contributed by atoms with van der Waals surface area (Å²) in [5.74, 6) is 1.25. The lowest BCUT2D eigenvalue weighted by atomic mass is 10.1. The molecule has 7 unspecified atom stereocenters. The molecule has 0 aliphatic heterocycles. The molecule has 0 heterocycles. The lowest BCUT2D eigenvalue weighted by Gasteiger charge is -2.48. The van der Waals surface area contributed by atoms with Gasteiger partial charge in [0.05, 0.1) is 102 Å². The number of thioether (sulfide) groups is 3. The molecule has 7 atom stereocenters. The van der Waals surface area contributed by atoms with Crippen molar-refractivity contribution in [2.24, 2.45) is 0 Å². The van der Waals surface area contributed by atoms with Gasteiger partial charge in [0, 0.05) is 84.9 Å². The molecule has 18 nitrogen and oxygen atoms in total. The molecule has 85 heavy (non-hydrogen) atoms. The fourth-order valence-corrected chi connectivity index (χ4v) is 19.9. The van der Waals surface area contributed by atoms with Crippen LogP contribution in [0.15, 0.2) is 0 Å². The fraction of sp³-hybridized carbons (Fsp3) is 0.951. The Bertz CT molecular complexity index is 1790. The lowest BCUT2D eigenvalue weighted by molar-refractivity contribution is -0.861. The molecule has 24 heteroatoms. The third-order valence-electron chi connectivity index (χ3n) is 13.5. The molecule has 0 rings (SSSR count). The van der Waals surface area contributed by atoms with Crippen LogP contribution in [0.25, 0.3) is 0 Å². The number of ether oxygens (including phenoxy) is 3. The molecule has 0 N–H and O–H groups in total. The minimum atomic E-state index is -1.29. The van der Waals surface area contributed by atoms with E-state index in [9.17, 15) is 14.4 Å². The summed E-state index contributed by atoms with van der Waals surface area (Å²) in [6.07, 6.45) is 4.57. The van der Waals surface area contributed by atoms with E-state index < -0.39 is 25.3 Å². The first kappa shape index (κ1) is 85.8. The molecule has 0 aliphatic carbocycles. The Morgan fingerprint density at radius 2 is 0.624 bits per heavy atom. The van der Waals surface area contributed by atoms with Crippen LogP contribution in [-0.2, 0) is 42.2 Å². The maximum absolute atomic E-state index is 12.8. The van der Waals surface area contributed by atoms with Gasteiger partial charge in [-0.2, -0.15) is 0 Å². The van der Waals surface area contributed by atoms with Crippen molar-refractivity contribution in [2.45, 2.75) is 243 Å². The zero-order valence-corrected chi connectivity index (χ0v) is 64.8. The number of quaternary nitrogens is 3. The lowest BCUT2D eigenvalue weighted by Crippen LogP contribution is -2.47. The van der Waals surface area contributed by atoms with Crippen molar-refractivity contribution in [1.29, 1.82) is 0 Å². The van der Waals surface area contributed by atoms with Crippen molar-refractivity contribution in [1.82, 2.24) is 28.0 Å². The summed E-state index contributed by atoms with van der Waals surface area (Å²) in [6.45, 7) is 49.9. The van der Waals surface area contributed by atoms with Crippen LogP contribution in [0.4, 0.5) is 0 Å². The van der Waals surface area contributed by atoms with Crippen LogP contribution in [0, 0.1) is 0 Å². The number of likely N-dealkylation sites (N-methyl/N-ethyl adjacent to an activating group) is 3. The number of hydrogen-bond acceptors (Lipinski definition) is 18. The number of nitrogens with zero attached hydrogens (tertiary/aromatic N) is 9. The highest BCUT2D eigenvalue weighted by Gasteiger charge is 2.41. The molecule has 0 radical (unpaired) electrons. The summed E-state index contributed by atoms with van der Waals surface area (Å²) in [7, 11) is 14.6. The molecule has 0 fully saturated rings. The highest BCUT2D eigenvalue weighted by atomic mass is 32.2. The van der Waals surface area contributed by atoms with Gasteiger partial charge in [-0.25, -0.2) is 28.0 Å². The van der Waals surface area contributed by atoms with Crippen LogP contribution in [-0.4, -0.2) is 270 Å². The summed E-state index contributed by atoms with van der Waals surface area (Å²) >= 11 is 3.83. The molecule has 0 aliphatic rings.